The van der Waals surface area contributed by atoms with Crippen molar-refractivity contribution in [2.24, 2.45) is 0 Å². The van der Waals surface area contributed by atoms with Crippen molar-refractivity contribution < 1.29 is 9.53 Å². The third-order valence-electron chi connectivity index (χ3n) is 4.28. The number of hydrogen-bond donors (Lipinski definition) is 1. The molecule has 7 heteroatoms. The Morgan fingerprint density at radius 1 is 1.00 bits per heavy atom. The molecule has 2 aromatic heterocycles. The molecule has 29 heavy (non-hydrogen) atoms. The highest BCUT2D eigenvalue weighted by Crippen LogP contribution is 2.29. The van der Waals surface area contributed by atoms with Crippen LogP contribution < -0.4 is 5.32 Å². The highest BCUT2D eigenvalue weighted by Gasteiger charge is 2.09. The number of hydrogen-bond acceptors (Lipinski definition) is 7. The number of methoxy groups -OCH3 is 1. The summed E-state index contributed by atoms with van der Waals surface area (Å²) >= 11 is 1.63. The Hall–Kier alpha value is -3.58. The number of ether oxygens (including phenoxy) is 1. The van der Waals surface area contributed by atoms with Crippen LogP contribution in [0.2, 0.25) is 0 Å². The van der Waals surface area contributed by atoms with Gasteiger partial charge in [0.2, 0.25) is 0 Å². The van der Waals surface area contributed by atoms with E-state index in [1.807, 2.05) is 30.3 Å². The minimum absolute atomic E-state index is 0.179. The van der Waals surface area contributed by atoms with E-state index >= 15 is 0 Å². The molecule has 0 fully saturated rings. The fourth-order valence-corrected chi connectivity index (χ4v) is 3.62. The Bertz CT molecular complexity index is 1110. The summed E-state index contributed by atoms with van der Waals surface area (Å²) in [6, 6.07) is 21.7. The van der Waals surface area contributed by atoms with Gasteiger partial charge < -0.3 is 10.1 Å². The van der Waals surface area contributed by atoms with Gasteiger partial charge in [-0.15, -0.1) is 21.5 Å². The SMILES string of the molecule is COC(=O)c1ccc(NCc2cccc(-c3nc(-c4ccccc4)cs3)c2)nn1. The summed E-state index contributed by atoms with van der Waals surface area (Å²) in [5.74, 6) is 0.0822. The molecule has 2 heterocycles. The molecule has 0 amide bonds. The van der Waals surface area contributed by atoms with E-state index in [0.717, 1.165) is 27.4 Å². The second-order valence-electron chi connectivity index (χ2n) is 6.25. The van der Waals surface area contributed by atoms with Crippen molar-refractivity contribution in [1.29, 1.82) is 0 Å². The summed E-state index contributed by atoms with van der Waals surface area (Å²) < 4.78 is 4.62. The maximum atomic E-state index is 11.4. The van der Waals surface area contributed by atoms with Crippen LogP contribution in [0.4, 0.5) is 5.82 Å². The first-order chi connectivity index (χ1) is 14.2. The van der Waals surface area contributed by atoms with Gasteiger partial charge >= 0.3 is 5.97 Å². The number of carbonyl (C=O) groups is 1. The highest BCUT2D eigenvalue weighted by atomic mass is 32.1. The van der Waals surface area contributed by atoms with Crippen LogP contribution in [0.1, 0.15) is 16.1 Å². The topological polar surface area (TPSA) is 77.0 Å². The van der Waals surface area contributed by atoms with Crippen molar-refractivity contribution in [1.82, 2.24) is 15.2 Å². The van der Waals surface area contributed by atoms with Gasteiger partial charge in [0.15, 0.2) is 5.69 Å². The van der Waals surface area contributed by atoms with Crippen LogP contribution in [0.5, 0.6) is 0 Å². The van der Waals surface area contributed by atoms with E-state index in [0.29, 0.717) is 12.4 Å². The van der Waals surface area contributed by atoms with Crippen molar-refractivity contribution >= 4 is 23.1 Å². The minimum Gasteiger partial charge on any atom is -0.464 e. The van der Waals surface area contributed by atoms with Gasteiger partial charge in [-0.25, -0.2) is 9.78 Å². The summed E-state index contributed by atoms with van der Waals surface area (Å²) in [7, 11) is 1.31. The van der Waals surface area contributed by atoms with Gasteiger partial charge in [-0.2, -0.15) is 0 Å². The number of thiazole rings is 1. The lowest BCUT2D eigenvalue weighted by atomic mass is 10.1. The van der Waals surface area contributed by atoms with E-state index in [4.69, 9.17) is 4.98 Å². The number of nitrogens with one attached hydrogen (secondary N) is 1. The molecule has 1 N–H and O–H groups in total. The molecule has 4 rings (SSSR count). The standard InChI is InChI=1S/C22H18N4O2S/c1-28-22(27)18-10-11-20(26-25-18)23-13-15-6-5-9-17(12-15)21-24-19(14-29-21)16-7-3-2-4-8-16/h2-12,14H,13H2,1H3,(H,23,26). The number of carbonyl (C=O) groups excluding carboxylic acids is 1. The average Bonchev–Trinajstić information content (AvgIpc) is 3.29. The van der Waals surface area contributed by atoms with Crippen molar-refractivity contribution in [2.45, 2.75) is 6.54 Å². The largest absolute Gasteiger partial charge is 0.464 e. The Balaban J connectivity index is 1.45. The highest BCUT2D eigenvalue weighted by molar-refractivity contribution is 7.13. The van der Waals surface area contributed by atoms with Crippen LogP contribution in [0.25, 0.3) is 21.8 Å². The summed E-state index contributed by atoms with van der Waals surface area (Å²) in [5, 5.41) is 14.1. The molecule has 0 saturated heterocycles. The monoisotopic (exact) mass is 402 g/mol. The number of rotatable bonds is 6. The molecule has 0 aliphatic rings. The molecule has 0 aliphatic carbocycles. The van der Waals surface area contributed by atoms with Crippen LogP contribution >= 0.6 is 11.3 Å². The first-order valence-corrected chi connectivity index (χ1v) is 9.87. The molecule has 2 aromatic carbocycles. The Morgan fingerprint density at radius 3 is 2.59 bits per heavy atom. The van der Waals surface area contributed by atoms with Crippen LogP contribution in [0.3, 0.4) is 0 Å². The Kier molecular flexibility index (Phi) is 5.58. The molecule has 4 aromatic rings. The summed E-state index contributed by atoms with van der Waals surface area (Å²) in [6.07, 6.45) is 0. The second-order valence-corrected chi connectivity index (χ2v) is 7.11. The van der Waals surface area contributed by atoms with E-state index in [-0.39, 0.29) is 5.69 Å². The van der Waals surface area contributed by atoms with E-state index in [1.165, 1.54) is 7.11 Å². The normalized spacial score (nSPS) is 10.5. The molecule has 0 aliphatic heterocycles. The van der Waals surface area contributed by atoms with Crippen LogP contribution in [0, 0.1) is 0 Å². The molecule has 144 valence electrons. The summed E-state index contributed by atoms with van der Waals surface area (Å²) in [6.45, 7) is 0.580. The molecular weight excluding hydrogens is 384 g/mol. The smallest absolute Gasteiger partial charge is 0.358 e. The molecule has 0 saturated carbocycles. The van der Waals surface area contributed by atoms with Gasteiger partial charge in [0.25, 0.3) is 0 Å². The lowest BCUT2D eigenvalue weighted by Crippen LogP contribution is -2.08. The van der Waals surface area contributed by atoms with Gasteiger partial charge in [-0.1, -0.05) is 48.5 Å². The first kappa shape index (κ1) is 18.8. The van der Waals surface area contributed by atoms with Crippen LogP contribution in [-0.4, -0.2) is 28.3 Å². The fraction of sp³-hybridized carbons (Fsp3) is 0.0909. The zero-order valence-electron chi connectivity index (χ0n) is 15.7. The first-order valence-electron chi connectivity index (χ1n) is 8.99. The Labute approximate surface area is 172 Å². The van der Waals surface area contributed by atoms with Crippen molar-refractivity contribution in [3.63, 3.8) is 0 Å². The van der Waals surface area contributed by atoms with E-state index in [9.17, 15) is 4.79 Å². The quantitative estimate of drug-likeness (QED) is 0.473. The van der Waals surface area contributed by atoms with Crippen molar-refractivity contribution in [3.8, 4) is 21.8 Å². The summed E-state index contributed by atoms with van der Waals surface area (Å²) in [5.41, 5.74) is 4.44. The minimum atomic E-state index is -0.505. The van der Waals surface area contributed by atoms with Crippen molar-refractivity contribution in [3.05, 3.63) is 83.4 Å². The average molecular weight is 402 g/mol. The number of esters is 1. The molecule has 6 nitrogen and oxygen atoms in total. The van der Waals surface area contributed by atoms with Gasteiger partial charge in [-0.05, 0) is 23.8 Å². The maximum absolute atomic E-state index is 11.4. The second kappa shape index (κ2) is 8.62. The van der Waals surface area contributed by atoms with Gasteiger partial charge in [0.05, 0.1) is 12.8 Å². The molecule has 0 radical (unpaired) electrons. The predicted molar refractivity (Wildman–Crippen MR) is 114 cm³/mol. The van der Waals surface area contributed by atoms with E-state index in [2.05, 4.69) is 49.9 Å². The lowest BCUT2D eigenvalue weighted by Gasteiger charge is -2.07. The predicted octanol–water partition coefficient (Wildman–Crippen LogP) is 4.67. The number of nitrogens with zero attached hydrogens (tertiary/aromatic N) is 3. The zero-order valence-corrected chi connectivity index (χ0v) is 16.5. The molecule has 0 bridgehead atoms. The van der Waals surface area contributed by atoms with Gasteiger partial charge in [-0.3, -0.25) is 0 Å². The maximum Gasteiger partial charge on any atom is 0.358 e. The van der Waals surface area contributed by atoms with Crippen LogP contribution in [0.15, 0.2) is 72.1 Å². The molecule has 0 unspecified atom stereocenters. The number of anilines is 1. The summed E-state index contributed by atoms with van der Waals surface area (Å²) in [4.78, 5) is 16.2. The van der Waals surface area contributed by atoms with Gasteiger partial charge in [0.1, 0.15) is 10.8 Å². The molecular formula is C22H18N4O2S. The third-order valence-corrected chi connectivity index (χ3v) is 5.17. The van der Waals surface area contributed by atoms with E-state index < -0.39 is 5.97 Å². The van der Waals surface area contributed by atoms with Gasteiger partial charge in [0, 0.05) is 23.1 Å². The van der Waals surface area contributed by atoms with E-state index in [1.54, 1.807) is 23.5 Å². The molecule has 0 spiro atoms. The van der Waals surface area contributed by atoms with Crippen molar-refractivity contribution in [2.75, 3.05) is 12.4 Å². The van der Waals surface area contributed by atoms with Crippen LogP contribution in [-0.2, 0) is 11.3 Å². The fourth-order valence-electron chi connectivity index (χ4n) is 2.79. The number of aromatic nitrogens is 3. The molecule has 0 atom stereocenters. The number of benzene rings is 2. The lowest BCUT2D eigenvalue weighted by molar-refractivity contribution is 0.0593. The Morgan fingerprint density at radius 2 is 1.83 bits per heavy atom. The zero-order chi connectivity index (χ0) is 20.1. The third kappa shape index (κ3) is 4.47.